The molecule has 0 aliphatic carbocycles. The first-order valence-corrected chi connectivity index (χ1v) is 11.4. The summed E-state index contributed by atoms with van der Waals surface area (Å²) < 4.78 is 0. The minimum Gasteiger partial charge on any atom is -0.507 e. The van der Waals surface area contributed by atoms with Gasteiger partial charge in [-0.3, -0.25) is 0 Å². The molecule has 1 nitrogen and oxygen atoms in total. The largest absolute Gasteiger partial charge is 0.507 e. The summed E-state index contributed by atoms with van der Waals surface area (Å²) in [7, 11) is 0. The lowest BCUT2D eigenvalue weighted by Crippen LogP contribution is -2.20. The van der Waals surface area contributed by atoms with Gasteiger partial charge in [0.05, 0.1) is 0 Å². The van der Waals surface area contributed by atoms with E-state index in [1.54, 1.807) is 0 Å². The zero-order valence-corrected chi connectivity index (χ0v) is 19.5. The number of phenolic OH excluding ortho intramolecular Hbond substituents is 1. The summed E-state index contributed by atoms with van der Waals surface area (Å²) in [5.74, 6) is 1.10. The first-order chi connectivity index (χ1) is 12.5. The van der Waals surface area contributed by atoms with Gasteiger partial charge in [0.15, 0.2) is 0 Å². The van der Waals surface area contributed by atoms with Gasteiger partial charge in [0.25, 0.3) is 0 Å². The summed E-state index contributed by atoms with van der Waals surface area (Å²) in [5, 5.41) is 11.2. The number of phenols is 1. The molecule has 1 atom stereocenters. The molecule has 0 heterocycles. The van der Waals surface area contributed by atoms with Gasteiger partial charge in [-0.1, -0.05) is 112 Å². The van der Waals surface area contributed by atoms with E-state index >= 15 is 0 Å². The Bertz CT molecular complexity index is 557. The fourth-order valence-corrected chi connectivity index (χ4v) is 4.32. The number of unbranched alkanes of at least 4 members (excludes halogenated alkanes) is 5. The van der Waals surface area contributed by atoms with Gasteiger partial charge < -0.3 is 5.11 Å². The molecule has 0 fully saturated rings. The quantitative estimate of drug-likeness (QED) is 0.406. The summed E-state index contributed by atoms with van der Waals surface area (Å²) in [4.78, 5) is 0. The number of rotatable bonds is 10. The van der Waals surface area contributed by atoms with Crippen LogP contribution in [0.1, 0.15) is 136 Å². The molecule has 1 unspecified atom stereocenters. The SMILES string of the molecule is CCCCCCCCC(CCC)c1ccc(C(C)(C)C)c(O)c1C(C)(C)C. The van der Waals surface area contributed by atoms with E-state index in [1.807, 2.05) is 0 Å². The Morgan fingerprint density at radius 3 is 1.85 bits per heavy atom. The predicted octanol–water partition coefficient (Wildman–Crippen LogP) is 8.62. The molecule has 0 aliphatic heterocycles. The van der Waals surface area contributed by atoms with Crippen LogP contribution in [-0.2, 0) is 10.8 Å². The Hall–Kier alpha value is -0.980. The van der Waals surface area contributed by atoms with Gasteiger partial charge in [-0.05, 0) is 40.7 Å². The standard InChI is InChI=1S/C26H46O/c1-9-11-12-13-14-15-17-20(16-10-2)21-18-19-22(25(3,4)5)24(27)23(21)26(6,7)8/h18-20,27H,9-17H2,1-8H3. The van der Waals surface area contributed by atoms with Crippen molar-refractivity contribution in [2.24, 2.45) is 0 Å². The zero-order chi connectivity index (χ0) is 20.7. The third-order valence-electron chi connectivity index (χ3n) is 5.75. The maximum atomic E-state index is 11.2. The molecule has 1 rings (SSSR count). The van der Waals surface area contributed by atoms with Crippen molar-refractivity contribution < 1.29 is 5.11 Å². The van der Waals surface area contributed by atoms with Crippen LogP contribution in [-0.4, -0.2) is 5.11 Å². The van der Waals surface area contributed by atoms with E-state index < -0.39 is 0 Å². The van der Waals surface area contributed by atoms with Gasteiger partial charge in [0.1, 0.15) is 5.75 Å². The minimum atomic E-state index is -0.0478. The number of benzene rings is 1. The van der Waals surface area contributed by atoms with Gasteiger partial charge in [-0.15, -0.1) is 0 Å². The fraction of sp³-hybridized carbons (Fsp3) is 0.769. The van der Waals surface area contributed by atoms with E-state index in [2.05, 4.69) is 67.5 Å². The fourth-order valence-electron chi connectivity index (χ4n) is 4.32. The smallest absolute Gasteiger partial charge is 0.123 e. The van der Waals surface area contributed by atoms with Crippen molar-refractivity contribution >= 4 is 0 Å². The monoisotopic (exact) mass is 374 g/mol. The Labute approximate surface area is 170 Å². The van der Waals surface area contributed by atoms with E-state index in [0.717, 1.165) is 5.56 Å². The lowest BCUT2D eigenvalue weighted by Gasteiger charge is -2.32. The maximum Gasteiger partial charge on any atom is 0.123 e. The average molecular weight is 375 g/mol. The third-order valence-corrected chi connectivity index (χ3v) is 5.75. The van der Waals surface area contributed by atoms with E-state index in [4.69, 9.17) is 0 Å². The topological polar surface area (TPSA) is 20.2 Å². The van der Waals surface area contributed by atoms with Gasteiger partial charge in [0.2, 0.25) is 0 Å². The van der Waals surface area contributed by atoms with Crippen molar-refractivity contribution in [1.29, 1.82) is 0 Å². The highest BCUT2D eigenvalue weighted by molar-refractivity contribution is 5.52. The van der Waals surface area contributed by atoms with Crippen molar-refractivity contribution in [3.8, 4) is 5.75 Å². The van der Waals surface area contributed by atoms with Crippen molar-refractivity contribution in [1.82, 2.24) is 0 Å². The van der Waals surface area contributed by atoms with Crippen LogP contribution >= 0.6 is 0 Å². The van der Waals surface area contributed by atoms with Crippen LogP contribution in [0.2, 0.25) is 0 Å². The molecular weight excluding hydrogens is 328 g/mol. The van der Waals surface area contributed by atoms with Gasteiger partial charge in [0, 0.05) is 5.56 Å². The first-order valence-electron chi connectivity index (χ1n) is 11.4. The molecule has 1 N–H and O–H groups in total. The van der Waals surface area contributed by atoms with Crippen LogP contribution in [0.3, 0.4) is 0 Å². The minimum absolute atomic E-state index is 0.0395. The Morgan fingerprint density at radius 1 is 0.741 bits per heavy atom. The molecule has 1 heteroatoms. The molecule has 27 heavy (non-hydrogen) atoms. The van der Waals surface area contributed by atoms with Crippen molar-refractivity contribution in [3.63, 3.8) is 0 Å². The molecule has 0 spiro atoms. The van der Waals surface area contributed by atoms with E-state index in [9.17, 15) is 5.11 Å². The van der Waals surface area contributed by atoms with E-state index in [0.29, 0.717) is 11.7 Å². The molecule has 0 saturated carbocycles. The summed E-state index contributed by atoms with van der Waals surface area (Å²) in [6.45, 7) is 17.9. The normalized spacial score (nSPS) is 13.8. The lowest BCUT2D eigenvalue weighted by atomic mass is 9.73. The second-order valence-corrected chi connectivity index (χ2v) is 10.5. The highest BCUT2D eigenvalue weighted by Crippen LogP contribution is 2.44. The second kappa shape index (κ2) is 10.5. The van der Waals surface area contributed by atoms with Gasteiger partial charge in [-0.25, -0.2) is 0 Å². The number of aromatic hydroxyl groups is 1. The Kier molecular flexibility index (Phi) is 9.39. The Balaban J connectivity index is 3.13. The van der Waals surface area contributed by atoms with Gasteiger partial charge >= 0.3 is 0 Å². The van der Waals surface area contributed by atoms with Crippen molar-refractivity contribution in [2.75, 3.05) is 0 Å². The van der Waals surface area contributed by atoms with E-state index in [1.165, 1.54) is 68.9 Å². The van der Waals surface area contributed by atoms with Crippen molar-refractivity contribution in [3.05, 3.63) is 28.8 Å². The van der Waals surface area contributed by atoms with E-state index in [-0.39, 0.29) is 10.8 Å². The molecule has 0 saturated heterocycles. The van der Waals surface area contributed by atoms with Crippen LogP contribution in [0.5, 0.6) is 5.75 Å². The molecule has 1 aromatic rings. The van der Waals surface area contributed by atoms with Crippen molar-refractivity contribution in [2.45, 2.75) is 130 Å². The zero-order valence-electron chi connectivity index (χ0n) is 19.5. The highest BCUT2D eigenvalue weighted by Gasteiger charge is 2.30. The number of hydrogen-bond donors (Lipinski definition) is 1. The lowest BCUT2D eigenvalue weighted by molar-refractivity contribution is 0.415. The maximum absolute atomic E-state index is 11.2. The van der Waals surface area contributed by atoms with Crippen LogP contribution < -0.4 is 0 Å². The second-order valence-electron chi connectivity index (χ2n) is 10.5. The van der Waals surface area contributed by atoms with Crippen LogP contribution in [0.15, 0.2) is 12.1 Å². The molecular formula is C26H46O. The van der Waals surface area contributed by atoms with Gasteiger partial charge in [-0.2, -0.15) is 0 Å². The van der Waals surface area contributed by atoms with Crippen LogP contribution in [0.4, 0.5) is 0 Å². The molecule has 0 aliphatic rings. The summed E-state index contributed by atoms with van der Waals surface area (Å²) in [5.41, 5.74) is 3.56. The Morgan fingerprint density at radius 2 is 1.33 bits per heavy atom. The predicted molar refractivity (Wildman–Crippen MR) is 121 cm³/mol. The molecule has 1 aromatic carbocycles. The molecule has 156 valence electrons. The highest BCUT2D eigenvalue weighted by atomic mass is 16.3. The molecule has 0 radical (unpaired) electrons. The van der Waals surface area contributed by atoms with Crippen LogP contribution in [0, 0.1) is 0 Å². The summed E-state index contributed by atoms with van der Waals surface area (Å²) in [6, 6.07) is 4.52. The summed E-state index contributed by atoms with van der Waals surface area (Å²) in [6.07, 6.45) is 11.7. The van der Waals surface area contributed by atoms with Crippen LogP contribution in [0.25, 0.3) is 0 Å². The average Bonchev–Trinajstić information content (AvgIpc) is 2.54. The summed E-state index contributed by atoms with van der Waals surface area (Å²) >= 11 is 0. The third kappa shape index (κ3) is 7.16. The first kappa shape index (κ1) is 24.1. The molecule has 0 amide bonds. The molecule has 0 aromatic heterocycles. The number of hydrogen-bond acceptors (Lipinski definition) is 1. The molecule has 0 bridgehead atoms.